The van der Waals surface area contributed by atoms with Gasteiger partial charge in [0.15, 0.2) is 6.19 Å². The van der Waals surface area contributed by atoms with Crippen LogP contribution >= 0.6 is 0 Å². The summed E-state index contributed by atoms with van der Waals surface area (Å²) in [5.74, 6) is 0. The van der Waals surface area contributed by atoms with E-state index in [-0.39, 0.29) is 0 Å². The lowest BCUT2D eigenvalue weighted by Gasteiger charge is -2.18. The molecule has 1 rings (SSSR count). The fourth-order valence-corrected chi connectivity index (χ4v) is 0.862. The van der Waals surface area contributed by atoms with Crippen LogP contribution in [-0.2, 0) is 0 Å². The summed E-state index contributed by atoms with van der Waals surface area (Å²) in [6, 6.07) is 0. The van der Waals surface area contributed by atoms with Crippen molar-refractivity contribution < 1.29 is 0 Å². The third kappa shape index (κ3) is 1.46. The third-order valence-electron chi connectivity index (χ3n) is 1.58. The molecule has 0 radical (unpaired) electrons. The molecular weight excluding hydrogens is 112 g/mol. The van der Waals surface area contributed by atoms with Gasteiger partial charge in [-0.1, -0.05) is 11.6 Å². The first-order valence-corrected chi connectivity index (χ1v) is 3.13. The first-order chi connectivity index (χ1) is 4.33. The predicted molar refractivity (Wildman–Crippen MR) is 35.6 cm³/mol. The minimum atomic E-state index is 0.808. The molecule has 0 aliphatic carbocycles. The highest BCUT2D eigenvalue weighted by Gasteiger charge is 2.04. The Morgan fingerprint density at radius 2 is 2.56 bits per heavy atom. The van der Waals surface area contributed by atoms with Crippen molar-refractivity contribution >= 4 is 0 Å². The molecule has 0 amide bonds. The molecule has 2 nitrogen and oxygen atoms in total. The van der Waals surface area contributed by atoms with E-state index in [9.17, 15) is 0 Å². The molecule has 0 N–H and O–H groups in total. The quantitative estimate of drug-likeness (QED) is 0.355. The molecule has 0 fully saturated rings. The SMILES string of the molecule is CC1=CCN(C#N)CC1. The Hall–Kier alpha value is -0.970. The van der Waals surface area contributed by atoms with Crippen molar-refractivity contribution in [1.29, 1.82) is 5.26 Å². The molecule has 0 saturated heterocycles. The van der Waals surface area contributed by atoms with Crippen LogP contribution in [0, 0.1) is 11.5 Å². The van der Waals surface area contributed by atoms with Crippen molar-refractivity contribution in [2.75, 3.05) is 13.1 Å². The second kappa shape index (κ2) is 2.54. The van der Waals surface area contributed by atoms with Gasteiger partial charge in [0.1, 0.15) is 0 Å². The topological polar surface area (TPSA) is 27.0 Å². The van der Waals surface area contributed by atoms with E-state index in [0.29, 0.717) is 0 Å². The van der Waals surface area contributed by atoms with E-state index in [1.165, 1.54) is 5.57 Å². The lowest BCUT2D eigenvalue weighted by molar-refractivity contribution is 0.418. The number of hydrogen-bond acceptors (Lipinski definition) is 2. The predicted octanol–water partition coefficient (Wildman–Crippen LogP) is 1.12. The molecule has 1 heterocycles. The second-order valence-corrected chi connectivity index (χ2v) is 2.35. The summed E-state index contributed by atoms with van der Waals surface area (Å²) < 4.78 is 0. The summed E-state index contributed by atoms with van der Waals surface area (Å²) >= 11 is 0. The van der Waals surface area contributed by atoms with Gasteiger partial charge in [-0.15, -0.1) is 0 Å². The zero-order valence-electron chi connectivity index (χ0n) is 5.59. The summed E-state index contributed by atoms with van der Waals surface area (Å²) in [6.45, 7) is 3.82. The summed E-state index contributed by atoms with van der Waals surface area (Å²) in [5, 5.41) is 8.42. The van der Waals surface area contributed by atoms with Crippen molar-refractivity contribution in [3.63, 3.8) is 0 Å². The molecular formula is C7H10N2. The van der Waals surface area contributed by atoms with Gasteiger partial charge in [0, 0.05) is 13.1 Å². The molecule has 2 heteroatoms. The van der Waals surface area contributed by atoms with Gasteiger partial charge in [-0.3, -0.25) is 0 Å². The van der Waals surface area contributed by atoms with E-state index in [4.69, 9.17) is 5.26 Å². The lowest BCUT2D eigenvalue weighted by atomic mass is 10.1. The average Bonchev–Trinajstić information content (AvgIpc) is 1.90. The van der Waals surface area contributed by atoms with Crippen molar-refractivity contribution in [2.24, 2.45) is 0 Å². The maximum atomic E-state index is 8.42. The monoisotopic (exact) mass is 122 g/mol. The minimum absolute atomic E-state index is 0.808. The van der Waals surface area contributed by atoms with Crippen LogP contribution in [0.2, 0.25) is 0 Å². The highest BCUT2D eigenvalue weighted by Crippen LogP contribution is 2.07. The molecule has 0 unspecified atom stereocenters. The fourth-order valence-electron chi connectivity index (χ4n) is 0.862. The first kappa shape index (κ1) is 6.15. The molecule has 1 aliphatic heterocycles. The maximum absolute atomic E-state index is 8.42. The number of hydrogen-bond donors (Lipinski definition) is 0. The third-order valence-corrected chi connectivity index (χ3v) is 1.58. The van der Waals surface area contributed by atoms with Crippen LogP contribution in [0.15, 0.2) is 11.6 Å². The Labute approximate surface area is 55.4 Å². The zero-order valence-corrected chi connectivity index (χ0v) is 5.59. The smallest absolute Gasteiger partial charge is 0.179 e. The summed E-state index contributed by atoms with van der Waals surface area (Å²) in [6.07, 6.45) is 5.27. The molecule has 0 bridgehead atoms. The maximum Gasteiger partial charge on any atom is 0.179 e. The number of rotatable bonds is 0. The second-order valence-electron chi connectivity index (χ2n) is 2.35. The summed E-state index contributed by atoms with van der Waals surface area (Å²) in [4.78, 5) is 1.76. The van der Waals surface area contributed by atoms with Gasteiger partial charge in [0.25, 0.3) is 0 Å². The molecule has 0 aromatic heterocycles. The average molecular weight is 122 g/mol. The Balaban J connectivity index is 2.48. The van der Waals surface area contributed by atoms with Crippen molar-refractivity contribution in [1.82, 2.24) is 4.90 Å². The van der Waals surface area contributed by atoms with Crippen LogP contribution in [0.5, 0.6) is 0 Å². The molecule has 0 spiro atoms. The van der Waals surface area contributed by atoms with Crippen LogP contribution in [-0.4, -0.2) is 18.0 Å². The van der Waals surface area contributed by atoms with Gasteiger partial charge in [-0.2, -0.15) is 5.26 Å². The van der Waals surface area contributed by atoms with Gasteiger partial charge in [0.05, 0.1) is 0 Å². The standard InChI is InChI=1S/C7H10N2/c1-7-2-4-9(6-8)5-3-7/h2H,3-5H2,1H3. The molecule has 0 aromatic rings. The first-order valence-electron chi connectivity index (χ1n) is 3.13. The van der Waals surface area contributed by atoms with Crippen LogP contribution in [0.3, 0.4) is 0 Å². The molecule has 1 aliphatic rings. The van der Waals surface area contributed by atoms with E-state index >= 15 is 0 Å². The molecule has 0 saturated carbocycles. The Kier molecular flexibility index (Phi) is 1.74. The van der Waals surface area contributed by atoms with Gasteiger partial charge in [-0.25, -0.2) is 0 Å². The van der Waals surface area contributed by atoms with Crippen LogP contribution in [0.4, 0.5) is 0 Å². The van der Waals surface area contributed by atoms with Crippen LogP contribution in [0.1, 0.15) is 13.3 Å². The van der Waals surface area contributed by atoms with E-state index in [1.54, 1.807) is 4.90 Å². The van der Waals surface area contributed by atoms with E-state index in [0.717, 1.165) is 19.5 Å². The van der Waals surface area contributed by atoms with E-state index < -0.39 is 0 Å². The Morgan fingerprint density at radius 3 is 3.00 bits per heavy atom. The Morgan fingerprint density at radius 1 is 1.78 bits per heavy atom. The van der Waals surface area contributed by atoms with Gasteiger partial charge in [-0.05, 0) is 13.3 Å². The lowest BCUT2D eigenvalue weighted by Crippen LogP contribution is -2.22. The Bertz CT molecular complexity index is 164. The molecule has 48 valence electrons. The van der Waals surface area contributed by atoms with E-state index in [1.807, 2.05) is 0 Å². The van der Waals surface area contributed by atoms with Crippen molar-refractivity contribution in [3.8, 4) is 6.19 Å². The molecule has 9 heavy (non-hydrogen) atoms. The van der Waals surface area contributed by atoms with E-state index in [2.05, 4.69) is 19.2 Å². The highest BCUT2D eigenvalue weighted by atomic mass is 15.1. The van der Waals surface area contributed by atoms with Crippen LogP contribution < -0.4 is 0 Å². The normalized spacial score (nSPS) is 18.7. The number of nitriles is 1. The fraction of sp³-hybridized carbons (Fsp3) is 0.571. The van der Waals surface area contributed by atoms with Crippen molar-refractivity contribution in [2.45, 2.75) is 13.3 Å². The van der Waals surface area contributed by atoms with Crippen molar-refractivity contribution in [3.05, 3.63) is 11.6 Å². The molecule has 0 aromatic carbocycles. The summed E-state index contributed by atoms with van der Waals surface area (Å²) in [7, 11) is 0. The van der Waals surface area contributed by atoms with Gasteiger partial charge in [0.2, 0.25) is 0 Å². The van der Waals surface area contributed by atoms with Crippen LogP contribution in [0.25, 0.3) is 0 Å². The largest absolute Gasteiger partial charge is 0.307 e. The van der Waals surface area contributed by atoms with Gasteiger partial charge < -0.3 is 4.90 Å². The zero-order chi connectivity index (χ0) is 6.69. The summed E-state index contributed by atoms with van der Waals surface area (Å²) in [5.41, 5.74) is 1.40. The van der Waals surface area contributed by atoms with Gasteiger partial charge >= 0.3 is 0 Å². The highest BCUT2D eigenvalue weighted by molar-refractivity contribution is 5.05. The number of nitrogens with zero attached hydrogens (tertiary/aromatic N) is 2. The molecule has 0 atom stereocenters. The minimum Gasteiger partial charge on any atom is -0.307 e.